The first-order valence-electron chi connectivity index (χ1n) is 5.39. The van der Waals surface area contributed by atoms with Crippen LogP contribution in [0.3, 0.4) is 0 Å². The molecule has 0 atom stereocenters. The van der Waals surface area contributed by atoms with Crippen molar-refractivity contribution in [2.24, 2.45) is 0 Å². The molecule has 0 radical (unpaired) electrons. The number of hydrogen-bond donors (Lipinski definition) is 1. The molecule has 110 valence electrons. The molecule has 0 spiro atoms. The van der Waals surface area contributed by atoms with Gasteiger partial charge in [-0.1, -0.05) is 16.5 Å². The molecule has 8 nitrogen and oxygen atoms in total. The lowest BCUT2D eigenvalue weighted by Gasteiger charge is -2.00. The van der Waals surface area contributed by atoms with E-state index < -0.39 is 17.9 Å². The zero-order valence-electron chi connectivity index (χ0n) is 10.2. The Morgan fingerprint density at radius 1 is 1.43 bits per heavy atom. The summed E-state index contributed by atoms with van der Waals surface area (Å²) in [5.74, 6) is -1.39. The molecule has 0 aromatic carbocycles. The van der Waals surface area contributed by atoms with Crippen LogP contribution in [0, 0.1) is 6.92 Å². The summed E-state index contributed by atoms with van der Waals surface area (Å²) in [5.41, 5.74) is 0. The predicted molar refractivity (Wildman–Crippen MR) is 62.9 cm³/mol. The minimum Gasteiger partial charge on any atom is -0.360 e. The van der Waals surface area contributed by atoms with Crippen LogP contribution in [-0.4, -0.2) is 30.9 Å². The van der Waals surface area contributed by atoms with Crippen molar-refractivity contribution in [2.75, 3.05) is 5.32 Å². The molecular formula is C9H5F3N6O2S. The van der Waals surface area contributed by atoms with Gasteiger partial charge in [0.25, 0.3) is 11.7 Å². The average molecular weight is 318 g/mol. The number of anilines is 1. The zero-order valence-corrected chi connectivity index (χ0v) is 11.0. The number of hydrogen-bond acceptors (Lipinski definition) is 7. The predicted octanol–water partition coefficient (Wildman–Crippen LogP) is 1.75. The monoisotopic (exact) mass is 318 g/mol. The van der Waals surface area contributed by atoms with Gasteiger partial charge in [-0.05, 0) is 6.92 Å². The Balaban J connectivity index is 1.91. The number of carbonyl (C=O) groups is 1. The van der Waals surface area contributed by atoms with E-state index in [1.807, 2.05) is 0 Å². The van der Waals surface area contributed by atoms with Crippen molar-refractivity contribution >= 4 is 28.0 Å². The lowest BCUT2D eigenvalue weighted by atomic mass is 10.5. The van der Waals surface area contributed by atoms with Crippen molar-refractivity contribution in [2.45, 2.75) is 13.1 Å². The summed E-state index contributed by atoms with van der Waals surface area (Å²) in [7, 11) is 0. The summed E-state index contributed by atoms with van der Waals surface area (Å²) in [6.45, 7) is 1.63. The van der Waals surface area contributed by atoms with Crippen LogP contribution in [0.5, 0.6) is 0 Å². The molecule has 1 amide bonds. The third-order valence-electron chi connectivity index (χ3n) is 2.31. The fourth-order valence-corrected chi connectivity index (χ4v) is 2.22. The molecule has 0 bridgehead atoms. The van der Waals surface area contributed by atoms with Crippen molar-refractivity contribution in [3.63, 3.8) is 0 Å². The van der Waals surface area contributed by atoms with Crippen LogP contribution in [0.2, 0.25) is 0 Å². The van der Waals surface area contributed by atoms with E-state index in [9.17, 15) is 18.0 Å². The maximum absolute atomic E-state index is 12.6. The van der Waals surface area contributed by atoms with Gasteiger partial charge in [0, 0.05) is 6.07 Å². The summed E-state index contributed by atoms with van der Waals surface area (Å²) in [5, 5.41) is 15.6. The quantitative estimate of drug-likeness (QED) is 0.773. The summed E-state index contributed by atoms with van der Waals surface area (Å²) in [6.07, 6.45) is -4.70. The summed E-state index contributed by atoms with van der Waals surface area (Å²) >= 11 is 0.676. The molecule has 0 saturated carbocycles. The lowest BCUT2D eigenvalue weighted by molar-refractivity contribution is -0.146. The van der Waals surface area contributed by atoms with E-state index in [1.54, 1.807) is 6.92 Å². The normalized spacial score (nSPS) is 12.0. The number of carbonyl (C=O) groups excluding carboxylic acids is 1. The highest BCUT2D eigenvalue weighted by Gasteiger charge is 2.38. The fraction of sp³-hybridized carbons (Fsp3) is 0.222. The van der Waals surface area contributed by atoms with Crippen LogP contribution in [0.15, 0.2) is 10.6 Å². The maximum Gasteiger partial charge on any atom is 0.453 e. The molecular weight excluding hydrogens is 313 g/mol. The molecule has 0 aliphatic rings. The molecule has 3 aromatic rings. The number of rotatable bonds is 2. The highest BCUT2D eigenvalue weighted by atomic mass is 32.1. The van der Waals surface area contributed by atoms with Crippen molar-refractivity contribution in [1.82, 2.24) is 25.0 Å². The van der Waals surface area contributed by atoms with Crippen molar-refractivity contribution in [3.05, 3.63) is 22.7 Å². The number of aromatic nitrogens is 5. The highest BCUT2D eigenvalue weighted by Crippen LogP contribution is 2.29. The highest BCUT2D eigenvalue weighted by molar-refractivity contribution is 7.18. The van der Waals surface area contributed by atoms with E-state index in [2.05, 4.69) is 25.8 Å². The van der Waals surface area contributed by atoms with Gasteiger partial charge in [0.05, 0.1) is 0 Å². The number of aryl methyl sites for hydroxylation is 1. The van der Waals surface area contributed by atoms with Crippen LogP contribution in [0.25, 0.3) is 4.96 Å². The first kappa shape index (κ1) is 13.5. The largest absolute Gasteiger partial charge is 0.453 e. The minimum absolute atomic E-state index is 0.135. The van der Waals surface area contributed by atoms with Gasteiger partial charge >= 0.3 is 6.18 Å². The van der Waals surface area contributed by atoms with E-state index in [0.29, 0.717) is 21.6 Å². The fourth-order valence-electron chi connectivity index (χ4n) is 1.48. The molecule has 12 heteroatoms. The van der Waals surface area contributed by atoms with E-state index in [0.717, 1.165) is 0 Å². The molecule has 0 aliphatic carbocycles. The first-order valence-corrected chi connectivity index (χ1v) is 6.20. The number of amides is 1. The van der Waals surface area contributed by atoms with Crippen LogP contribution in [-0.2, 0) is 6.18 Å². The van der Waals surface area contributed by atoms with Crippen molar-refractivity contribution < 1.29 is 22.5 Å². The second-order valence-corrected chi connectivity index (χ2v) is 4.86. The molecule has 1 N–H and O–H groups in total. The van der Waals surface area contributed by atoms with E-state index in [4.69, 9.17) is 4.52 Å². The van der Waals surface area contributed by atoms with Crippen LogP contribution >= 0.6 is 11.3 Å². The van der Waals surface area contributed by atoms with Crippen LogP contribution in [0.4, 0.5) is 19.0 Å². The van der Waals surface area contributed by atoms with Crippen LogP contribution in [0.1, 0.15) is 21.4 Å². The molecule has 3 heterocycles. The smallest absolute Gasteiger partial charge is 0.360 e. The Bertz CT molecular complexity index is 819. The Hall–Kier alpha value is -2.50. The van der Waals surface area contributed by atoms with E-state index >= 15 is 0 Å². The van der Waals surface area contributed by atoms with Crippen molar-refractivity contribution in [1.29, 1.82) is 0 Å². The number of nitrogens with one attached hydrogen (secondary N) is 1. The Kier molecular flexibility index (Phi) is 2.90. The molecule has 0 fully saturated rings. The van der Waals surface area contributed by atoms with Gasteiger partial charge in [-0.25, -0.2) is 0 Å². The maximum atomic E-state index is 12.6. The number of fused-ring (bicyclic) bond motifs is 1. The minimum atomic E-state index is -4.70. The second kappa shape index (κ2) is 4.51. The van der Waals surface area contributed by atoms with Gasteiger partial charge in [0.1, 0.15) is 5.76 Å². The second-order valence-electron chi connectivity index (χ2n) is 3.90. The third kappa shape index (κ3) is 2.44. The molecule has 0 aliphatic heterocycles. The van der Waals surface area contributed by atoms with Gasteiger partial charge in [-0.15, -0.1) is 15.3 Å². The number of halogens is 3. The van der Waals surface area contributed by atoms with E-state index in [-0.39, 0.29) is 15.8 Å². The summed E-state index contributed by atoms with van der Waals surface area (Å²) < 4.78 is 43.1. The standard InChI is InChI=1S/C9H5F3N6O2S/c1-3-2-4(17-20-3)13-5(19)6-16-18-7(9(10,11)12)14-15-8(18)21-6/h2H,1H3,(H,13,17,19). The Labute approximate surface area is 117 Å². The molecule has 3 aromatic heterocycles. The Morgan fingerprint density at radius 3 is 2.81 bits per heavy atom. The van der Waals surface area contributed by atoms with E-state index in [1.165, 1.54) is 6.07 Å². The van der Waals surface area contributed by atoms with Crippen LogP contribution < -0.4 is 5.32 Å². The molecule has 0 saturated heterocycles. The summed E-state index contributed by atoms with van der Waals surface area (Å²) in [4.78, 5) is 11.7. The Morgan fingerprint density at radius 2 is 2.19 bits per heavy atom. The van der Waals surface area contributed by atoms with Gasteiger partial charge in [-0.2, -0.15) is 17.7 Å². The summed E-state index contributed by atoms with van der Waals surface area (Å²) in [6, 6.07) is 1.46. The van der Waals surface area contributed by atoms with Gasteiger partial charge in [0.2, 0.25) is 9.97 Å². The topological polar surface area (TPSA) is 98.2 Å². The molecule has 3 rings (SSSR count). The van der Waals surface area contributed by atoms with Gasteiger partial charge in [0.15, 0.2) is 5.82 Å². The third-order valence-corrected chi connectivity index (χ3v) is 3.21. The number of alkyl halides is 3. The molecule has 21 heavy (non-hydrogen) atoms. The van der Waals surface area contributed by atoms with Crippen molar-refractivity contribution in [3.8, 4) is 0 Å². The number of nitrogens with zero attached hydrogens (tertiary/aromatic N) is 5. The molecule has 0 unspecified atom stereocenters. The first-order chi connectivity index (χ1) is 9.84. The van der Waals surface area contributed by atoms with Gasteiger partial charge < -0.3 is 9.84 Å². The van der Waals surface area contributed by atoms with Gasteiger partial charge in [-0.3, -0.25) is 4.79 Å². The SMILES string of the molecule is Cc1cc(NC(=O)c2nn3c(C(F)(F)F)nnc3s2)no1. The average Bonchev–Trinajstić information content (AvgIpc) is 3.01. The zero-order chi connectivity index (χ0) is 15.2. The lowest BCUT2D eigenvalue weighted by Crippen LogP contribution is -2.15.